The average molecular weight is 180 g/mol. The van der Waals surface area contributed by atoms with Gasteiger partial charge in [0.1, 0.15) is 5.78 Å². The summed E-state index contributed by atoms with van der Waals surface area (Å²) in [5.41, 5.74) is 0. The fourth-order valence-corrected chi connectivity index (χ4v) is 2.08. The summed E-state index contributed by atoms with van der Waals surface area (Å²) in [6.45, 7) is 4.34. The monoisotopic (exact) mass is 180 g/mol. The third kappa shape index (κ3) is 2.98. The minimum absolute atomic E-state index is 0.316. The maximum Gasteiger partial charge on any atom is 0.136 e. The molecule has 0 aromatic carbocycles. The fourth-order valence-electron chi connectivity index (χ4n) is 2.08. The second-order valence-electron chi connectivity index (χ2n) is 4.06. The lowest BCUT2D eigenvalue weighted by molar-refractivity contribution is -0.126. The number of ketones is 1. The van der Waals surface area contributed by atoms with Gasteiger partial charge in [0.25, 0.3) is 0 Å². The molecule has 0 amide bonds. The van der Waals surface area contributed by atoms with Crippen LogP contribution >= 0.6 is 0 Å². The van der Waals surface area contributed by atoms with Crippen molar-refractivity contribution < 1.29 is 4.79 Å². The van der Waals surface area contributed by atoms with Crippen molar-refractivity contribution in [3.8, 4) is 0 Å². The van der Waals surface area contributed by atoms with Crippen molar-refractivity contribution in [1.29, 1.82) is 0 Å². The molecule has 1 rings (SSSR count). The molecule has 1 aliphatic rings. The molecule has 0 heterocycles. The number of hydrogen-bond acceptors (Lipinski definition) is 1. The third-order valence-electron chi connectivity index (χ3n) is 2.98. The van der Waals surface area contributed by atoms with Crippen LogP contribution in [0.2, 0.25) is 0 Å². The highest BCUT2D eigenvalue weighted by atomic mass is 16.1. The number of allylic oxidation sites excluding steroid dienone is 2. The normalized spacial score (nSPS) is 29.8. The lowest BCUT2D eigenvalue weighted by Gasteiger charge is -2.26. The molecule has 1 heteroatoms. The standard InChI is InChI=1S/C12H20O/c1-3-4-5-8-11-10(2)7-6-9-12(11)13/h4-5,10-11H,3,6-9H2,1-2H3/b5-4+. The summed E-state index contributed by atoms with van der Waals surface area (Å²) >= 11 is 0. The van der Waals surface area contributed by atoms with Gasteiger partial charge in [-0.05, 0) is 31.6 Å². The molecule has 0 aromatic heterocycles. The zero-order chi connectivity index (χ0) is 9.68. The SMILES string of the molecule is CC/C=C/CC1C(=O)CCCC1C. The van der Waals surface area contributed by atoms with Crippen LogP contribution in [-0.4, -0.2) is 5.78 Å². The number of carbonyl (C=O) groups excluding carboxylic acids is 1. The third-order valence-corrected chi connectivity index (χ3v) is 2.98. The molecule has 0 radical (unpaired) electrons. The number of hydrogen-bond donors (Lipinski definition) is 0. The van der Waals surface area contributed by atoms with E-state index in [1.54, 1.807) is 0 Å². The maximum atomic E-state index is 11.6. The van der Waals surface area contributed by atoms with Crippen LogP contribution < -0.4 is 0 Å². The molecule has 0 spiro atoms. The highest BCUT2D eigenvalue weighted by Crippen LogP contribution is 2.29. The van der Waals surface area contributed by atoms with E-state index in [0.717, 1.165) is 25.7 Å². The number of Topliss-reactive ketones (excluding diaryl/α,β-unsaturated/α-hetero) is 1. The molecule has 0 saturated heterocycles. The topological polar surface area (TPSA) is 17.1 Å². The molecule has 74 valence electrons. The van der Waals surface area contributed by atoms with E-state index in [-0.39, 0.29) is 0 Å². The Labute approximate surface area is 81.2 Å². The number of carbonyl (C=O) groups is 1. The van der Waals surface area contributed by atoms with Gasteiger partial charge in [-0.15, -0.1) is 0 Å². The van der Waals surface area contributed by atoms with E-state index in [1.807, 2.05) is 0 Å². The molecule has 2 unspecified atom stereocenters. The first kappa shape index (κ1) is 10.5. The molecule has 0 aliphatic heterocycles. The van der Waals surface area contributed by atoms with Crippen molar-refractivity contribution in [2.24, 2.45) is 11.8 Å². The first-order chi connectivity index (χ1) is 6.25. The van der Waals surface area contributed by atoms with E-state index in [9.17, 15) is 4.79 Å². The van der Waals surface area contributed by atoms with Crippen LogP contribution in [0.15, 0.2) is 12.2 Å². The van der Waals surface area contributed by atoms with Crippen molar-refractivity contribution in [3.05, 3.63) is 12.2 Å². The van der Waals surface area contributed by atoms with Gasteiger partial charge in [0.05, 0.1) is 0 Å². The second-order valence-corrected chi connectivity index (χ2v) is 4.06. The van der Waals surface area contributed by atoms with E-state index in [4.69, 9.17) is 0 Å². The lowest BCUT2D eigenvalue weighted by Crippen LogP contribution is -2.25. The molecule has 0 aromatic rings. The first-order valence-electron chi connectivity index (χ1n) is 5.43. The smallest absolute Gasteiger partial charge is 0.136 e. The van der Waals surface area contributed by atoms with E-state index < -0.39 is 0 Å². The summed E-state index contributed by atoms with van der Waals surface area (Å²) in [5.74, 6) is 1.40. The van der Waals surface area contributed by atoms with E-state index in [0.29, 0.717) is 17.6 Å². The van der Waals surface area contributed by atoms with Crippen molar-refractivity contribution in [2.75, 3.05) is 0 Å². The van der Waals surface area contributed by atoms with Crippen LogP contribution in [-0.2, 0) is 4.79 Å². The molecule has 1 aliphatic carbocycles. The second kappa shape index (κ2) is 5.21. The predicted octanol–water partition coefficient (Wildman–Crippen LogP) is 3.35. The van der Waals surface area contributed by atoms with Crippen molar-refractivity contribution in [1.82, 2.24) is 0 Å². The van der Waals surface area contributed by atoms with Crippen LogP contribution in [0.25, 0.3) is 0 Å². The summed E-state index contributed by atoms with van der Waals surface area (Å²) in [4.78, 5) is 11.6. The molecule has 0 bridgehead atoms. The van der Waals surface area contributed by atoms with Gasteiger partial charge in [-0.25, -0.2) is 0 Å². The van der Waals surface area contributed by atoms with Crippen LogP contribution in [0, 0.1) is 11.8 Å². The minimum Gasteiger partial charge on any atom is -0.299 e. The van der Waals surface area contributed by atoms with Gasteiger partial charge in [-0.2, -0.15) is 0 Å². The van der Waals surface area contributed by atoms with Gasteiger partial charge in [0.15, 0.2) is 0 Å². The summed E-state index contributed by atoms with van der Waals surface area (Å²) in [7, 11) is 0. The van der Waals surface area contributed by atoms with E-state index in [1.165, 1.54) is 6.42 Å². The van der Waals surface area contributed by atoms with E-state index >= 15 is 0 Å². The fraction of sp³-hybridized carbons (Fsp3) is 0.750. The Morgan fingerprint density at radius 2 is 2.23 bits per heavy atom. The predicted molar refractivity (Wildman–Crippen MR) is 55.6 cm³/mol. The quantitative estimate of drug-likeness (QED) is 0.609. The maximum absolute atomic E-state index is 11.6. The molecular weight excluding hydrogens is 160 g/mol. The first-order valence-corrected chi connectivity index (χ1v) is 5.43. The van der Waals surface area contributed by atoms with Crippen LogP contribution in [0.5, 0.6) is 0 Å². The highest BCUT2D eigenvalue weighted by molar-refractivity contribution is 5.82. The Morgan fingerprint density at radius 1 is 1.46 bits per heavy atom. The van der Waals surface area contributed by atoms with Crippen molar-refractivity contribution >= 4 is 5.78 Å². The molecule has 1 saturated carbocycles. The summed E-state index contributed by atoms with van der Waals surface area (Å²) in [5, 5.41) is 0. The zero-order valence-corrected chi connectivity index (χ0v) is 8.75. The Kier molecular flexibility index (Phi) is 4.20. The van der Waals surface area contributed by atoms with Gasteiger partial charge in [0.2, 0.25) is 0 Å². The van der Waals surface area contributed by atoms with Crippen LogP contribution in [0.4, 0.5) is 0 Å². The summed E-state index contributed by atoms with van der Waals surface area (Å²) in [6, 6.07) is 0. The van der Waals surface area contributed by atoms with Gasteiger partial charge in [-0.3, -0.25) is 4.79 Å². The molecule has 13 heavy (non-hydrogen) atoms. The molecule has 1 fully saturated rings. The van der Waals surface area contributed by atoms with E-state index in [2.05, 4.69) is 26.0 Å². The molecule has 2 atom stereocenters. The molecule has 1 nitrogen and oxygen atoms in total. The molecule has 0 N–H and O–H groups in total. The lowest BCUT2D eigenvalue weighted by atomic mass is 9.77. The largest absolute Gasteiger partial charge is 0.299 e. The Bertz CT molecular complexity index is 193. The van der Waals surface area contributed by atoms with Crippen LogP contribution in [0.3, 0.4) is 0 Å². The minimum atomic E-state index is 0.316. The molecular formula is C12H20O. The van der Waals surface area contributed by atoms with Crippen LogP contribution in [0.1, 0.15) is 46.0 Å². The van der Waals surface area contributed by atoms with Gasteiger partial charge < -0.3 is 0 Å². The Hall–Kier alpha value is -0.590. The average Bonchev–Trinajstić information content (AvgIpc) is 2.10. The highest BCUT2D eigenvalue weighted by Gasteiger charge is 2.27. The Morgan fingerprint density at radius 3 is 2.85 bits per heavy atom. The number of rotatable bonds is 3. The zero-order valence-electron chi connectivity index (χ0n) is 8.75. The summed E-state index contributed by atoms with van der Waals surface area (Å²) in [6.07, 6.45) is 9.53. The summed E-state index contributed by atoms with van der Waals surface area (Å²) < 4.78 is 0. The van der Waals surface area contributed by atoms with Crippen molar-refractivity contribution in [2.45, 2.75) is 46.0 Å². The van der Waals surface area contributed by atoms with Crippen molar-refractivity contribution in [3.63, 3.8) is 0 Å². The van der Waals surface area contributed by atoms with Gasteiger partial charge in [-0.1, -0.05) is 26.0 Å². The van der Waals surface area contributed by atoms with Gasteiger partial charge in [0, 0.05) is 12.3 Å². The van der Waals surface area contributed by atoms with Gasteiger partial charge >= 0.3 is 0 Å². The Balaban J connectivity index is 2.44.